The van der Waals surface area contributed by atoms with Crippen molar-refractivity contribution in [3.8, 4) is 5.75 Å². The molecule has 1 aromatic rings. The first kappa shape index (κ1) is 14.8. The number of aliphatic carboxylic acids is 1. The number of hydrogen-bond donors (Lipinski definition) is 3. The molecule has 0 radical (unpaired) electrons. The van der Waals surface area contributed by atoms with Gasteiger partial charge in [-0.15, -0.1) is 0 Å². The third kappa shape index (κ3) is 4.87. The number of benzene rings is 1. The minimum absolute atomic E-state index is 0.401. The van der Waals surface area contributed by atoms with Crippen LogP contribution in [0.2, 0.25) is 0 Å². The molecule has 1 atom stereocenters. The number of carboxylic acid groups (broad SMARTS) is 1. The summed E-state index contributed by atoms with van der Waals surface area (Å²) in [6.45, 7) is 1.81. The summed E-state index contributed by atoms with van der Waals surface area (Å²) < 4.78 is 5.19. The maximum absolute atomic E-state index is 11.4. The molecule has 104 valence electrons. The molecule has 0 aliphatic carbocycles. The van der Waals surface area contributed by atoms with Crippen LogP contribution in [0.15, 0.2) is 24.3 Å². The van der Waals surface area contributed by atoms with E-state index in [1.807, 2.05) is 24.3 Å². The number of methoxy groups -OCH3 is 1. The molecule has 0 aromatic heterocycles. The molecule has 1 aromatic carbocycles. The van der Waals surface area contributed by atoms with Crippen LogP contribution in [0.3, 0.4) is 0 Å². The zero-order chi connectivity index (χ0) is 14.3. The van der Waals surface area contributed by atoms with Crippen molar-refractivity contribution in [2.24, 2.45) is 0 Å². The lowest BCUT2D eigenvalue weighted by atomic mass is 10.1. The molecule has 0 fully saturated rings. The minimum atomic E-state index is -1.07. The van der Waals surface area contributed by atoms with Crippen LogP contribution in [0.25, 0.3) is 0 Å². The first-order chi connectivity index (χ1) is 9.04. The highest BCUT2D eigenvalue weighted by Crippen LogP contribution is 2.17. The van der Waals surface area contributed by atoms with Gasteiger partial charge in [0.15, 0.2) is 0 Å². The van der Waals surface area contributed by atoms with Gasteiger partial charge in [0, 0.05) is 6.54 Å². The first-order valence-electron chi connectivity index (χ1n) is 5.93. The second-order valence-corrected chi connectivity index (χ2v) is 4.02. The van der Waals surface area contributed by atoms with Gasteiger partial charge in [0.1, 0.15) is 11.8 Å². The van der Waals surface area contributed by atoms with E-state index in [1.165, 1.54) is 6.92 Å². The maximum Gasteiger partial charge on any atom is 0.325 e. The first-order valence-corrected chi connectivity index (χ1v) is 5.93. The average molecular weight is 266 g/mol. The van der Waals surface area contributed by atoms with E-state index in [9.17, 15) is 9.59 Å². The van der Waals surface area contributed by atoms with Crippen molar-refractivity contribution in [2.45, 2.75) is 19.4 Å². The van der Waals surface area contributed by atoms with Crippen LogP contribution < -0.4 is 15.4 Å². The Morgan fingerprint density at radius 2 is 2.05 bits per heavy atom. The van der Waals surface area contributed by atoms with Crippen molar-refractivity contribution in [3.63, 3.8) is 0 Å². The summed E-state index contributed by atoms with van der Waals surface area (Å²) in [4.78, 5) is 21.9. The molecule has 0 saturated heterocycles. The van der Waals surface area contributed by atoms with Crippen LogP contribution in [-0.4, -0.2) is 36.8 Å². The second kappa shape index (κ2) is 7.25. The molecule has 3 N–H and O–H groups in total. The number of ether oxygens (including phenoxy) is 1. The Morgan fingerprint density at radius 3 is 2.68 bits per heavy atom. The molecule has 6 nitrogen and oxygen atoms in total. The molecular weight excluding hydrogens is 248 g/mol. The highest BCUT2D eigenvalue weighted by Gasteiger charge is 2.13. The Morgan fingerprint density at radius 1 is 1.37 bits per heavy atom. The number of rotatable bonds is 6. The Bertz CT molecular complexity index is 448. The third-order valence-electron chi connectivity index (χ3n) is 2.59. The summed E-state index contributed by atoms with van der Waals surface area (Å²) >= 11 is 0. The van der Waals surface area contributed by atoms with Gasteiger partial charge < -0.3 is 20.5 Å². The van der Waals surface area contributed by atoms with Gasteiger partial charge in [-0.3, -0.25) is 4.79 Å². The topological polar surface area (TPSA) is 87.7 Å². The summed E-state index contributed by atoms with van der Waals surface area (Å²) in [6, 6.07) is 6.12. The van der Waals surface area contributed by atoms with Crippen molar-refractivity contribution in [1.29, 1.82) is 0 Å². The maximum atomic E-state index is 11.4. The fraction of sp³-hybridized carbons (Fsp3) is 0.385. The van der Waals surface area contributed by atoms with Gasteiger partial charge in [0.25, 0.3) is 0 Å². The normalized spacial score (nSPS) is 11.5. The molecule has 0 saturated carbocycles. The standard InChI is InChI=1S/C13H18N2O4/c1-9(12(16)17)15-13(18)14-8-7-10-5-3-4-6-11(10)19-2/h3-6,9H,7-8H2,1-2H3,(H,16,17)(H2,14,15,18)/t9-/m0/s1. The predicted octanol–water partition coefficient (Wildman–Crippen LogP) is 1.01. The fourth-order valence-corrected chi connectivity index (χ4v) is 1.53. The van der Waals surface area contributed by atoms with E-state index < -0.39 is 18.0 Å². The van der Waals surface area contributed by atoms with Crippen molar-refractivity contribution >= 4 is 12.0 Å². The van der Waals surface area contributed by atoms with Crippen molar-refractivity contribution < 1.29 is 19.4 Å². The Kier molecular flexibility index (Phi) is 5.66. The Labute approximate surface area is 111 Å². The van der Waals surface area contributed by atoms with Crippen LogP contribution in [-0.2, 0) is 11.2 Å². The largest absolute Gasteiger partial charge is 0.496 e. The van der Waals surface area contributed by atoms with E-state index >= 15 is 0 Å². The van der Waals surface area contributed by atoms with Gasteiger partial charge in [-0.1, -0.05) is 18.2 Å². The van der Waals surface area contributed by atoms with Gasteiger partial charge in [-0.05, 0) is 25.0 Å². The molecule has 6 heteroatoms. The molecule has 0 bridgehead atoms. The van der Waals surface area contributed by atoms with Gasteiger partial charge in [-0.2, -0.15) is 0 Å². The van der Waals surface area contributed by atoms with E-state index in [0.29, 0.717) is 13.0 Å². The number of amides is 2. The highest BCUT2D eigenvalue weighted by molar-refractivity contribution is 5.82. The van der Waals surface area contributed by atoms with Gasteiger partial charge in [0.2, 0.25) is 0 Å². The van der Waals surface area contributed by atoms with Crippen molar-refractivity contribution in [1.82, 2.24) is 10.6 Å². The van der Waals surface area contributed by atoms with E-state index in [2.05, 4.69) is 10.6 Å². The van der Waals surface area contributed by atoms with Crippen molar-refractivity contribution in [3.05, 3.63) is 29.8 Å². The van der Waals surface area contributed by atoms with Crippen LogP contribution in [0.1, 0.15) is 12.5 Å². The van der Waals surface area contributed by atoms with Crippen LogP contribution >= 0.6 is 0 Å². The molecule has 0 unspecified atom stereocenters. The summed E-state index contributed by atoms with van der Waals surface area (Å²) in [5.74, 6) is -0.302. The van der Waals surface area contributed by atoms with E-state index in [0.717, 1.165) is 11.3 Å². The number of nitrogens with one attached hydrogen (secondary N) is 2. The molecule has 19 heavy (non-hydrogen) atoms. The van der Waals surface area contributed by atoms with Crippen LogP contribution in [0, 0.1) is 0 Å². The number of carbonyl (C=O) groups is 2. The number of carbonyl (C=O) groups excluding carboxylic acids is 1. The van der Waals surface area contributed by atoms with E-state index in [-0.39, 0.29) is 0 Å². The highest BCUT2D eigenvalue weighted by atomic mass is 16.5. The second-order valence-electron chi connectivity index (χ2n) is 4.02. The van der Waals surface area contributed by atoms with E-state index in [4.69, 9.17) is 9.84 Å². The summed E-state index contributed by atoms with van der Waals surface area (Å²) in [5.41, 5.74) is 0.983. The predicted molar refractivity (Wildman–Crippen MR) is 70.3 cm³/mol. The fourth-order valence-electron chi connectivity index (χ4n) is 1.53. The smallest absolute Gasteiger partial charge is 0.325 e. The van der Waals surface area contributed by atoms with Gasteiger partial charge in [0.05, 0.1) is 7.11 Å². The number of para-hydroxylation sites is 1. The number of carboxylic acids is 1. The van der Waals surface area contributed by atoms with E-state index in [1.54, 1.807) is 7.11 Å². The zero-order valence-corrected chi connectivity index (χ0v) is 11.0. The molecule has 0 aliphatic rings. The van der Waals surface area contributed by atoms with Crippen molar-refractivity contribution in [2.75, 3.05) is 13.7 Å². The average Bonchev–Trinajstić information content (AvgIpc) is 2.39. The number of urea groups is 1. The zero-order valence-electron chi connectivity index (χ0n) is 11.0. The summed E-state index contributed by atoms with van der Waals surface area (Å²) in [6.07, 6.45) is 0.610. The SMILES string of the molecule is COc1ccccc1CCNC(=O)N[C@@H](C)C(=O)O. The summed E-state index contributed by atoms with van der Waals surface area (Å²) in [5, 5.41) is 13.6. The molecule has 0 aliphatic heterocycles. The van der Waals surface area contributed by atoms with Gasteiger partial charge in [-0.25, -0.2) is 4.79 Å². The minimum Gasteiger partial charge on any atom is -0.496 e. The van der Waals surface area contributed by atoms with Crippen LogP contribution in [0.4, 0.5) is 4.79 Å². The molecule has 0 heterocycles. The van der Waals surface area contributed by atoms with Gasteiger partial charge >= 0.3 is 12.0 Å². The lowest BCUT2D eigenvalue weighted by molar-refractivity contribution is -0.138. The monoisotopic (exact) mass is 266 g/mol. The van der Waals surface area contributed by atoms with Crippen LogP contribution in [0.5, 0.6) is 5.75 Å². The quantitative estimate of drug-likeness (QED) is 0.717. The lowest BCUT2D eigenvalue weighted by Crippen LogP contribution is -2.44. The summed E-state index contributed by atoms with van der Waals surface area (Å²) in [7, 11) is 1.59. The molecule has 1 rings (SSSR count). The molecule has 0 spiro atoms. The third-order valence-corrected chi connectivity index (χ3v) is 2.59. The molecular formula is C13H18N2O4. The lowest BCUT2D eigenvalue weighted by Gasteiger charge is -2.11. The number of hydrogen-bond acceptors (Lipinski definition) is 3. The Hall–Kier alpha value is -2.24. The molecule has 2 amide bonds. The Balaban J connectivity index is 2.38.